The minimum atomic E-state index is -0.302. The summed E-state index contributed by atoms with van der Waals surface area (Å²) in [6.07, 6.45) is 0. The largest absolute Gasteiger partial charge is 0.494 e. The molecule has 0 aliphatic rings. The molecule has 0 aliphatic carbocycles. The summed E-state index contributed by atoms with van der Waals surface area (Å²) in [7, 11) is 0. The van der Waals surface area contributed by atoms with E-state index in [1.165, 1.54) is 6.07 Å². The zero-order valence-corrected chi connectivity index (χ0v) is 17.2. The minimum absolute atomic E-state index is 0.179. The predicted octanol–water partition coefficient (Wildman–Crippen LogP) is 6.51. The molecular weight excluding hydrogens is 367 g/mol. The summed E-state index contributed by atoms with van der Waals surface area (Å²) >= 11 is 0. The second-order valence-electron chi connectivity index (χ2n) is 7.50. The van der Waals surface area contributed by atoms with Crippen molar-refractivity contribution in [3.8, 4) is 17.2 Å². The SMILES string of the molecule is CCOc1ccc(C(C)(C)COCc2cc(Oc3ccccc3)ccc2F)cc1. The van der Waals surface area contributed by atoms with E-state index >= 15 is 0 Å². The summed E-state index contributed by atoms with van der Waals surface area (Å²) in [5.74, 6) is 1.85. The van der Waals surface area contributed by atoms with Gasteiger partial charge in [0.15, 0.2) is 0 Å². The Morgan fingerprint density at radius 2 is 1.52 bits per heavy atom. The first-order valence-electron chi connectivity index (χ1n) is 9.80. The van der Waals surface area contributed by atoms with E-state index in [9.17, 15) is 4.39 Å². The van der Waals surface area contributed by atoms with E-state index < -0.39 is 0 Å². The van der Waals surface area contributed by atoms with Crippen LogP contribution in [0.3, 0.4) is 0 Å². The van der Waals surface area contributed by atoms with E-state index in [1.807, 2.05) is 61.5 Å². The first kappa shape index (κ1) is 20.9. The highest BCUT2D eigenvalue weighted by Crippen LogP contribution is 2.27. The third kappa shape index (κ3) is 5.81. The molecule has 0 bridgehead atoms. The van der Waals surface area contributed by atoms with E-state index in [-0.39, 0.29) is 17.8 Å². The highest BCUT2D eigenvalue weighted by atomic mass is 19.1. The van der Waals surface area contributed by atoms with Gasteiger partial charge in [0.25, 0.3) is 0 Å². The van der Waals surface area contributed by atoms with Gasteiger partial charge in [-0.15, -0.1) is 0 Å². The van der Waals surface area contributed by atoms with Gasteiger partial charge in [0.2, 0.25) is 0 Å². The van der Waals surface area contributed by atoms with Gasteiger partial charge >= 0.3 is 0 Å². The van der Waals surface area contributed by atoms with Crippen LogP contribution in [0.1, 0.15) is 31.9 Å². The van der Waals surface area contributed by atoms with Crippen LogP contribution in [-0.2, 0) is 16.8 Å². The summed E-state index contributed by atoms with van der Waals surface area (Å²) in [6.45, 7) is 7.46. The maximum atomic E-state index is 14.2. The van der Waals surface area contributed by atoms with Crippen LogP contribution in [0, 0.1) is 5.82 Å². The Balaban J connectivity index is 1.61. The van der Waals surface area contributed by atoms with Crippen LogP contribution in [0.4, 0.5) is 4.39 Å². The lowest BCUT2D eigenvalue weighted by atomic mass is 9.85. The molecule has 3 nitrogen and oxygen atoms in total. The molecule has 0 saturated carbocycles. The molecule has 0 radical (unpaired) electrons. The van der Waals surface area contributed by atoms with E-state index in [2.05, 4.69) is 13.8 Å². The molecule has 0 saturated heterocycles. The number of hydrogen-bond donors (Lipinski definition) is 0. The van der Waals surface area contributed by atoms with Gasteiger partial charge in [-0.3, -0.25) is 0 Å². The fourth-order valence-electron chi connectivity index (χ4n) is 3.02. The predicted molar refractivity (Wildman–Crippen MR) is 113 cm³/mol. The van der Waals surface area contributed by atoms with Crippen molar-refractivity contribution in [3.63, 3.8) is 0 Å². The van der Waals surface area contributed by atoms with Crippen molar-refractivity contribution < 1.29 is 18.6 Å². The zero-order valence-electron chi connectivity index (χ0n) is 17.2. The molecule has 0 unspecified atom stereocenters. The number of benzene rings is 3. The first-order valence-corrected chi connectivity index (χ1v) is 9.80. The number of halogens is 1. The zero-order chi connectivity index (χ0) is 20.7. The second-order valence-corrected chi connectivity index (χ2v) is 7.50. The summed E-state index contributed by atoms with van der Waals surface area (Å²) in [5, 5.41) is 0. The topological polar surface area (TPSA) is 27.7 Å². The molecular formula is C25H27FO3. The quantitative estimate of drug-likeness (QED) is 0.414. The van der Waals surface area contributed by atoms with Crippen LogP contribution < -0.4 is 9.47 Å². The van der Waals surface area contributed by atoms with Gasteiger partial charge in [0.05, 0.1) is 19.8 Å². The molecule has 29 heavy (non-hydrogen) atoms. The normalized spacial score (nSPS) is 11.3. The number of rotatable bonds is 9. The van der Waals surface area contributed by atoms with Gasteiger partial charge < -0.3 is 14.2 Å². The van der Waals surface area contributed by atoms with Crippen LogP contribution in [0.5, 0.6) is 17.2 Å². The van der Waals surface area contributed by atoms with Crippen molar-refractivity contribution in [3.05, 3.63) is 89.7 Å². The molecule has 0 amide bonds. The number of para-hydroxylation sites is 1. The number of ether oxygens (including phenoxy) is 3. The van der Waals surface area contributed by atoms with Crippen LogP contribution in [-0.4, -0.2) is 13.2 Å². The fraction of sp³-hybridized carbons (Fsp3) is 0.280. The summed E-state index contributed by atoms with van der Waals surface area (Å²) in [4.78, 5) is 0. The van der Waals surface area contributed by atoms with Gasteiger partial charge in [-0.25, -0.2) is 4.39 Å². The van der Waals surface area contributed by atoms with Gasteiger partial charge in [-0.05, 0) is 55.0 Å². The van der Waals surface area contributed by atoms with Crippen molar-refractivity contribution in [1.29, 1.82) is 0 Å². The molecule has 3 rings (SSSR count). The monoisotopic (exact) mass is 394 g/mol. The van der Waals surface area contributed by atoms with E-state index in [4.69, 9.17) is 14.2 Å². The lowest BCUT2D eigenvalue weighted by molar-refractivity contribution is 0.0805. The van der Waals surface area contributed by atoms with Gasteiger partial charge in [0.1, 0.15) is 23.1 Å². The Bertz CT molecular complexity index is 905. The fourth-order valence-corrected chi connectivity index (χ4v) is 3.02. The van der Waals surface area contributed by atoms with Gasteiger partial charge in [-0.2, -0.15) is 0 Å². The van der Waals surface area contributed by atoms with E-state index in [0.717, 1.165) is 11.3 Å². The molecule has 152 valence electrons. The van der Waals surface area contributed by atoms with Crippen LogP contribution in [0.25, 0.3) is 0 Å². The van der Waals surface area contributed by atoms with Crippen LogP contribution >= 0.6 is 0 Å². The third-order valence-electron chi connectivity index (χ3n) is 4.66. The molecule has 4 heteroatoms. The Kier molecular flexibility index (Phi) is 6.89. The highest BCUT2D eigenvalue weighted by Gasteiger charge is 2.21. The van der Waals surface area contributed by atoms with E-state index in [0.29, 0.717) is 30.3 Å². The van der Waals surface area contributed by atoms with Crippen LogP contribution in [0.15, 0.2) is 72.8 Å². The third-order valence-corrected chi connectivity index (χ3v) is 4.66. The Hall–Kier alpha value is -2.85. The summed E-state index contributed by atoms with van der Waals surface area (Å²) in [5.41, 5.74) is 1.41. The molecule has 0 atom stereocenters. The number of hydrogen-bond acceptors (Lipinski definition) is 3. The molecule has 0 aliphatic heterocycles. The lowest BCUT2D eigenvalue weighted by Crippen LogP contribution is -2.24. The first-order chi connectivity index (χ1) is 14.0. The molecule has 3 aromatic carbocycles. The smallest absolute Gasteiger partial charge is 0.128 e. The minimum Gasteiger partial charge on any atom is -0.494 e. The molecule has 0 spiro atoms. The van der Waals surface area contributed by atoms with Crippen molar-refractivity contribution >= 4 is 0 Å². The standard InChI is InChI=1S/C25H27FO3/c1-4-28-21-12-10-20(11-13-21)25(2,3)18-27-17-19-16-23(14-15-24(19)26)29-22-8-6-5-7-9-22/h5-16H,4,17-18H2,1-3H3. The van der Waals surface area contributed by atoms with Crippen molar-refractivity contribution in [2.45, 2.75) is 32.8 Å². The molecule has 0 heterocycles. The maximum absolute atomic E-state index is 14.2. The van der Waals surface area contributed by atoms with Crippen molar-refractivity contribution in [2.24, 2.45) is 0 Å². The maximum Gasteiger partial charge on any atom is 0.128 e. The molecule has 0 fully saturated rings. The van der Waals surface area contributed by atoms with E-state index in [1.54, 1.807) is 12.1 Å². The van der Waals surface area contributed by atoms with Crippen molar-refractivity contribution in [2.75, 3.05) is 13.2 Å². The second kappa shape index (κ2) is 9.57. The molecule has 0 aromatic heterocycles. The lowest BCUT2D eigenvalue weighted by Gasteiger charge is -2.25. The Labute approximate surface area is 172 Å². The highest BCUT2D eigenvalue weighted by molar-refractivity contribution is 5.35. The molecule has 0 N–H and O–H groups in total. The Morgan fingerprint density at radius 3 is 2.21 bits per heavy atom. The summed E-state index contributed by atoms with van der Waals surface area (Å²) in [6, 6.07) is 22.2. The average molecular weight is 394 g/mol. The van der Waals surface area contributed by atoms with Gasteiger partial charge in [-0.1, -0.05) is 44.2 Å². The van der Waals surface area contributed by atoms with Crippen LogP contribution in [0.2, 0.25) is 0 Å². The average Bonchev–Trinajstić information content (AvgIpc) is 2.72. The summed E-state index contributed by atoms with van der Waals surface area (Å²) < 4.78 is 31.4. The molecule has 3 aromatic rings. The van der Waals surface area contributed by atoms with Crippen molar-refractivity contribution in [1.82, 2.24) is 0 Å². The Morgan fingerprint density at radius 1 is 0.828 bits per heavy atom. The van der Waals surface area contributed by atoms with Gasteiger partial charge in [0, 0.05) is 11.0 Å².